The zero-order valence-corrected chi connectivity index (χ0v) is 19.6. The van der Waals surface area contributed by atoms with Gasteiger partial charge in [0.1, 0.15) is 0 Å². The number of hydrogen-bond donors (Lipinski definition) is 1. The Morgan fingerprint density at radius 1 is 1.15 bits per heavy atom. The first-order chi connectivity index (χ1) is 15.2. The molecule has 0 fully saturated rings. The van der Waals surface area contributed by atoms with Gasteiger partial charge in [-0.05, 0) is 25.2 Å². The Hall–Kier alpha value is -1.56. The summed E-state index contributed by atoms with van der Waals surface area (Å²) in [5.74, 6) is 5.90. The van der Waals surface area contributed by atoms with Crippen LogP contribution in [0.1, 0.15) is 25.8 Å². The highest BCUT2D eigenvalue weighted by molar-refractivity contribution is 7.90. The van der Waals surface area contributed by atoms with Gasteiger partial charge in [0, 0.05) is 13.0 Å². The molecule has 2 rings (SSSR count). The number of rotatable bonds is 7. The van der Waals surface area contributed by atoms with Crippen LogP contribution in [0.2, 0.25) is 10.0 Å². The fourth-order valence-electron chi connectivity index (χ4n) is 3.30. The van der Waals surface area contributed by atoms with E-state index in [1.165, 1.54) is 0 Å². The lowest BCUT2D eigenvalue weighted by Gasteiger charge is -2.32. The molecule has 1 aromatic carbocycles. The lowest BCUT2D eigenvalue weighted by Crippen LogP contribution is -2.48. The van der Waals surface area contributed by atoms with Crippen molar-refractivity contribution in [3.8, 4) is 6.07 Å². The largest absolute Gasteiger partial charge is 0.475 e. The molecule has 0 spiro atoms. The highest BCUT2D eigenvalue weighted by atomic mass is 35.5. The molecule has 0 saturated carbocycles. The molecule has 0 bridgehead atoms. The van der Waals surface area contributed by atoms with E-state index in [1.54, 1.807) is 6.07 Å². The van der Waals surface area contributed by atoms with Crippen molar-refractivity contribution in [2.45, 2.75) is 38.0 Å². The smallest absolute Gasteiger partial charge is 0.303 e. The SMILES string of the molecule is CCN(CC)CCC1=C(S(=O)C(F)(F)F)C(C#N)N(N)N1c1c(Cl)cc(C(F)(F)F)cc1Cl. The summed E-state index contributed by atoms with van der Waals surface area (Å²) < 4.78 is 91.9. The summed E-state index contributed by atoms with van der Waals surface area (Å²) in [7, 11) is -3.63. The second-order valence-electron chi connectivity index (χ2n) is 6.81. The molecule has 33 heavy (non-hydrogen) atoms. The predicted octanol–water partition coefficient (Wildman–Crippen LogP) is 5.03. The molecule has 0 aliphatic carbocycles. The predicted molar refractivity (Wildman–Crippen MR) is 113 cm³/mol. The average Bonchev–Trinajstić information content (AvgIpc) is 2.97. The molecule has 2 N–H and O–H groups in total. The maximum Gasteiger partial charge on any atom is 0.475 e. The van der Waals surface area contributed by atoms with Gasteiger partial charge in [-0.25, -0.2) is 10.1 Å². The molecule has 0 amide bonds. The van der Waals surface area contributed by atoms with Crippen molar-refractivity contribution < 1.29 is 30.6 Å². The number of hydrazine groups is 2. The molecule has 0 saturated heterocycles. The van der Waals surface area contributed by atoms with Gasteiger partial charge in [0.05, 0.1) is 38.0 Å². The lowest BCUT2D eigenvalue weighted by molar-refractivity contribution is -0.137. The van der Waals surface area contributed by atoms with Gasteiger partial charge < -0.3 is 4.90 Å². The Balaban J connectivity index is 2.75. The van der Waals surface area contributed by atoms with Crippen LogP contribution in [-0.2, 0) is 17.0 Å². The maximum absolute atomic E-state index is 13.4. The second-order valence-corrected chi connectivity index (χ2v) is 9.07. The van der Waals surface area contributed by atoms with Crippen LogP contribution in [0.3, 0.4) is 0 Å². The monoisotopic (exact) mass is 537 g/mol. The minimum absolute atomic E-state index is 0.168. The molecule has 0 radical (unpaired) electrons. The van der Waals surface area contributed by atoms with Crippen molar-refractivity contribution in [3.63, 3.8) is 0 Å². The number of benzene rings is 1. The summed E-state index contributed by atoms with van der Waals surface area (Å²) in [6.45, 7) is 4.89. The number of halogens is 8. The van der Waals surface area contributed by atoms with Crippen LogP contribution >= 0.6 is 23.2 Å². The van der Waals surface area contributed by atoms with E-state index in [0.717, 1.165) is 5.01 Å². The van der Waals surface area contributed by atoms with Crippen molar-refractivity contribution >= 4 is 39.7 Å². The Bertz CT molecular complexity index is 967. The van der Waals surface area contributed by atoms with E-state index in [2.05, 4.69) is 0 Å². The first kappa shape index (κ1) is 27.7. The number of hydrogen-bond acceptors (Lipinski definition) is 6. The number of nitrogens with two attached hydrogens (primary N) is 1. The summed E-state index contributed by atoms with van der Waals surface area (Å²) in [6.07, 6.45) is -4.96. The zero-order chi connectivity index (χ0) is 25.3. The molecular weight excluding hydrogens is 519 g/mol. The normalized spacial score (nSPS) is 18.9. The Morgan fingerprint density at radius 3 is 2.06 bits per heavy atom. The van der Waals surface area contributed by atoms with E-state index in [9.17, 15) is 35.8 Å². The van der Waals surface area contributed by atoms with Gasteiger partial charge in [-0.1, -0.05) is 37.0 Å². The van der Waals surface area contributed by atoms with Crippen molar-refractivity contribution in [1.29, 1.82) is 5.26 Å². The van der Waals surface area contributed by atoms with Crippen LogP contribution in [0, 0.1) is 11.3 Å². The summed E-state index contributed by atoms with van der Waals surface area (Å²) in [5.41, 5.74) is -7.04. The van der Waals surface area contributed by atoms with Crippen LogP contribution in [0.15, 0.2) is 22.7 Å². The van der Waals surface area contributed by atoms with Gasteiger partial charge >= 0.3 is 11.7 Å². The Kier molecular flexibility index (Phi) is 8.70. The summed E-state index contributed by atoms with van der Waals surface area (Å²) >= 11 is 12.1. The molecule has 2 unspecified atom stereocenters. The quantitative estimate of drug-likeness (QED) is 0.388. The number of anilines is 1. The van der Waals surface area contributed by atoms with E-state index >= 15 is 0 Å². The van der Waals surface area contributed by atoms with E-state index in [-0.39, 0.29) is 24.4 Å². The Labute approximate surface area is 198 Å². The third kappa shape index (κ3) is 5.75. The minimum Gasteiger partial charge on any atom is -0.303 e. The molecule has 1 aromatic rings. The molecular formula is C18H19Cl2F6N5OS. The summed E-state index contributed by atoms with van der Waals surface area (Å²) in [5, 5.41) is 9.74. The van der Waals surface area contributed by atoms with Crippen LogP contribution < -0.4 is 10.9 Å². The molecule has 2 atom stereocenters. The van der Waals surface area contributed by atoms with Crippen molar-refractivity contribution in [2.24, 2.45) is 5.84 Å². The zero-order valence-electron chi connectivity index (χ0n) is 17.3. The van der Waals surface area contributed by atoms with Gasteiger partial charge in [-0.2, -0.15) is 31.6 Å². The second kappa shape index (κ2) is 10.4. The third-order valence-electron chi connectivity index (χ3n) is 4.93. The van der Waals surface area contributed by atoms with Gasteiger partial charge in [0.2, 0.25) is 0 Å². The Morgan fingerprint density at radius 2 is 1.67 bits per heavy atom. The highest BCUT2D eigenvalue weighted by Gasteiger charge is 2.50. The van der Waals surface area contributed by atoms with E-state index in [4.69, 9.17) is 29.0 Å². The van der Waals surface area contributed by atoms with Gasteiger partial charge in [-0.15, -0.1) is 5.12 Å². The van der Waals surface area contributed by atoms with Crippen LogP contribution in [0.5, 0.6) is 0 Å². The molecule has 0 aromatic heterocycles. The van der Waals surface area contributed by atoms with Crippen LogP contribution in [0.25, 0.3) is 0 Å². The van der Waals surface area contributed by atoms with Crippen molar-refractivity contribution in [3.05, 3.63) is 38.3 Å². The van der Waals surface area contributed by atoms with Crippen molar-refractivity contribution in [2.75, 3.05) is 24.6 Å². The van der Waals surface area contributed by atoms with Crippen LogP contribution in [-0.4, -0.2) is 45.4 Å². The maximum atomic E-state index is 13.4. The number of nitrogens with zero attached hydrogens (tertiary/aromatic N) is 4. The molecule has 15 heteroatoms. The fourth-order valence-corrected chi connectivity index (χ4v) is 4.97. The third-order valence-corrected chi connectivity index (χ3v) is 6.79. The standard InChI is InChI=1S/C18H19Cl2F6N5OS/c1-3-29(4-2)6-5-13-16(33(32)18(24,25)26)14(9-27)31(28)30(13)15-11(19)7-10(8-12(15)20)17(21,22)23/h7-8,14H,3-6,28H2,1-2H3. The van der Waals surface area contributed by atoms with Crippen LogP contribution in [0.4, 0.5) is 32.0 Å². The first-order valence-corrected chi connectivity index (χ1v) is 11.3. The summed E-state index contributed by atoms with van der Waals surface area (Å²) in [6, 6.07) is 0.821. The van der Waals surface area contributed by atoms with Gasteiger partial charge in [-0.3, -0.25) is 5.01 Å². The van der Waals surface area contributed by atoms with E-state index in [0.29, 0.717) is 30.3 Å². The first-order valence-electron chi connectivity index (χ1n) is 9.42. The molecule has 1 aliphatic heterocycles. The van der Waals surface area contributed by atoms with Gasteiger partial charge in [0.15, 0.2) is 16.8 Å². The lowest BCUT2D eigenvalue weighted by atomic mass is 10.1. The highest BCUT2D eigenvalue weighted by Crippen LogP contribution is 2.46. The fraction of sp³-hybridized carbons (Fsp3) is 0.500. The number of alkyl halides is 6. The molecule has 6 nitrogen and oxygen atoms in total. The van der Waals surface area contributed by atoms with E-state index in [1.807, 2.05) is 18.7 Å². The van der Waals surface area contributed by atoms with E-state index < -0.39 is 49.0 Å². The molecule has 1 heterocycles. The number of nitriles is 1. The van der Waals surface area contributed by atoms with Gasteiger partial charge in [0.25, 0.3) is 0 Å². The summed E-state index contributed by atoms with van der Waals surface area (Å²) in [4.78, 5) is 1.02. The topological polar surface area (TPSA) is 76.6 Å². The molecule has 184 valence electrons. The minimum atomic E-state index is -5.21. The average molecular weight is 538 g/mol. The molecule has 1 aliphatic rings. The van der Waals surface area contributed by atoms with Crippen molar-refractivity contribution in [1.82, 2.24) is 10.0 Å².